The van der Waals surface area contributed by atoms with E-state index >= 15 is 0 Å². The molecule has 0 spiro atoms. The molecule has 15 heteroatoms. The molecule has 0 aliphatic carbocycles. The van der Waals surface area contributed by atoms with E-state index < -0.39 is 60.8 Å². The minimum Gasteiger partial charge on any atom is -0.481 e. The summed E-state index contributed by atoms with van der Waals surface area (Å²) in [7, 11) is 0. The second kappa shape index (κ2) is 10.2. The quantitative estimate of drug-likeness (QED) is 0.222. The molecule has 0 aromatic heterocycles. The lowest BCUT2D eigenvalue weighted by molar-refractivity contribution is -0.369. The molecule has 0 saturated carbocycles. The normalized spacial score (nSPS) is 17.4. The first-order valence-corrected chi connectivity index (χ1v) is 9.36. The van der Waals surface area contributed by atoms with Crippen LogP contribution in [0, 0.1) is 0 Å². The maximum Gasteiger partial charge on any atom is 0.438 e. The van der Waals surface area contributed by atoms with Gasteiger partial charge in [-0.25, -0.2) is 4.79 Å². The predicted octanol–water partition coefficient (Wildman–Crippen LogP) is 2.24. The van der Waals surface area contributed by atoms with Gasteiger partial charge in [0.25, 0.3) is 0 Å². The number of hydrogen-bond donors (Lipinski definition) is 1. The second-order valence-electron chi connectivity index (χ2n) is 5.91. The number of carboxylic acid groups (broad SMARTS) is 1. The molecule has 8 nitrogen and oxygen atoms in total. The highest BCUT2D eigenvalue weighted by atomic mass is 32.2. The molecular weight excluding hydrogens is 454 g/mol. The largest absolute Gasteiger partial charge is 0.481 e. The number of thioether (sulfide) groups is 1. The third kappa shape index (κ3) is 6.95. The number of aliphatic carboxylic acids is 1. The van der Waals surface area contributed by atoms with Crippen LogP contribution < -0.4 is 0 Å². The molecule has 1 unspecified atom stereocenters. The molecule has 0 bridgehead atoms. The molecule has 1 N–H and O–H groups in total. The number of halogens is 6. The van der Waals surface area contributed by atoms with Gasteiger partial charge in [-0.2, -0.15) is 38.1 Å². The highest BCUT2D eigenvalue weighted by Gasteiger charge is 2.75. The van der Waals surface area contributed by atoms with Gasteiger partial charge < -0.3 is 19.3 Å². The standard InChI is InChI=1S/C15H16F6O8S/c16-14(17,18)13(7-9(22)23,15(19,20)21)29-11(25)3-6-30-5-2-10(24)28-8-1-4-27-12(8)26/h8H,1-7H2,(H,22,23). The molecule has 1 aliphatic rings. The van der Waals surface area contributed by atoms with E-state index in [1.165, 1.54) is 0 Å². The average Bonchev–Trinajstić information content (AvgIpc) is 2.96. The average molecular weight is 470 g/mol. The molecule has 0 aromatic rings. The Morgan fingerprint density at radius 1 is 1.03 bits per heavy atom. The van der Waals surface area contributed by atoms with Crippen LogP contribution in [0.2, 0.25) is 0 Å². The second-order valence-corrected chi connectivity index (χ2v) is 7.14. The molecule has 1 saturated heterocycles. The van der Waals surface area contributed by atoms with E-state index in [0.29, 0.717) is 0 Å². The fourth-order valence-corrected chi connectivity index (χ4v) is 3.01. The number of cyclic esters (lactones) is 1. The molecule has 1 aliphatic heterocycles. The number of hydrogen-bond acceptors (Lipinski definition) is 8. The van der Waals surface area contributed by atoms with E-state index in [1.54, 1.807) is 0 Å². The van der Waals surface area contributed by atoms with Crippen molar-refractivity contribution in [2.24, 2.45) is 0 Å². The summed E-state index contributed by atoms with van der Waals surface area (Å²) in [6.45, 7) is 0.104. The van der Waals surface area contributed by atoms with Gasteiger partial charge >= 0.3 is 41.8 Å². The van der Waals surface area contributed by atoms with Crippen molar-refractivity contribution in [2.45, 2.75) is 49.7 Å². The van der Waals surface area contributed by atoms with Gasteiger partial charge in [0, 0.05) is 17.9 Å². The number of carbonyl (C=O) groups excluding carboxylic acids is 3. The number of alkyl halides is 6. The SMILES string of the molecule is O=C(O)CC(OC(=O)CCSCCC(=O)OC1CCOC1=O)(C(F)(F)F)C(F)(F)F. The monoisotopic (exact) mass is 470 g/mol. The van der Waals surface area contributed by atoms with Gasteiger partial charge in [0.15, 0.2) is 0 Å². The van der Waals surface area contributed by atoms with E-state index in [4.69, 9.17) is 9.84 Å². The molecule has 30 heavy (non-hydrogen) atoms. The van der Waals surface area contributed by atoms with Crippen molar-refractivity contribution in [1.82, 2.24) is 0 Å². The van der Waals surface area contributed by atoms with E-state index in [2.05, 4.69) is 9.47 Å². The third-order valence-electron chi connectivity index (χ3n) is 3.67. The summed E-state index contributed by atoms with van der Waals surface area (Å²) >= 11 is 0.827. The van der Waals surface area contributed by atoms with Crippen LogP contribution in [0.1, 0.15) is 25.7 Å². The van der Waals surface area contributed by atoms with Crippen molar-refractivity contribution in [2.75, 3.05) is 18.1 Å². The van der Waals surface area contributed by atoms with Crippen LogP contribution in [0.5, 0.6) is 0 Å². The highest BCUT2D eigenvalue weighted by Crippen LogP contribution is 2.48. The Bertz CT molecular complexity index is 648. The molecule has 1 fully saturated rings. The van der Waals surface area contributed by atoms with Crippen LogP contribution >= 0.6 is 11.8 Å². The lowest BCUT2D eigenvalue weighted by Crippen LogP contribution is -2.60. The van der Waals surface area contributed by atoms with Gasteiger partial charge in [-0.1, -0.05) is 0 Å². The van der Waals surface area contributed by atoms with Gasteiger partial charge in [-0.05, 0) is 0 Å². The maximum atomic E-state index is 13.0. The van der Waals surface area contributed by atoms with Crippen LogP contribution in [-0.4, -0.2) is 71.2 Å². The van der Waals surface area contributed by atoms with Crippen LogP contribution in [0.25, 0.3) is 0 Å². The highest BCUT2D eigenvalue weighted by molar-refractivity contribution is 7.99. The zero-order valence-electron chi connectivity index (χ0n) is 15.0. The number of rotatable bonds is 10. The predicted molar refractivity (Wildman–Crippen MR) is 85.2 cm³/mol. The minimum atomic E-state index is -6.21. The molecule has 172 valence electrons. The Hall–Kier alpha value is -2.19. The van der Waals surface area contributed by atoms with Crippen LogP contribution in [-0.2, 0) is 33.4 Å². The van der Waals surface area contributed by atoms with E-state index in [9.17, 15) is 45.5 Å². The van der Waals surface area contributed by atoms with Crippen molar-refractivity contribution < 1.29 is 64.8 Å². The zero-order chi connectivity index (χ0) is 23.2. The first-order chi connectivity index (χ1) is 13.7. The summed E-state index contributed by atoms with van der Waals surface area (Å²) in [6.07, 6.45) is -16.9. The van der Waals surface area contributed by atoms with Crippen LogP contribution in [0.3, 0.4) is 0 Å². The molecule has 1 rings (SSSR count). The fourth-order valence-electron chi connectivity index (χ4n) is 2.19. The van der Waals surface area contributed by atoms with Gasteiger partial charge in [0.05, 0.1) is 19.4 Å². The summed E-state index contributed by atoms with van der Waals surface area (Å²) in [5.74, 6) is -6.16. The van der Waals surface area contributed by atoms with Crippen LogP contribution in [0.4, 0.5) is 26.3 Å². The summed E-state index contributed by atoms with van der Waals surface area (Å²) < 4.78 is 90.8. The number of carboxylic acids is 1. The Morgan fingerprint density at radius 3 is 2.00 bits per heavy atom. The van der Waals surface area contributed by atoms with Gasteiger partial charge in [0.2, 0.25) is 6.10 Å². The first-order valence-electron chi connectivity index (χ1n) is 8.20. The minimum absolute atomic E-state index is 0.00725. The smallest absolute Gasteiger partial charge is 0.438 e. The summed E-state index contributed by atoms with van der Waals surface area (Å²) in [5, 5.41) is 8.44. The van der Waals surface area contributed by atoms with Crippen molar-refractivity contribution >= 4 is 35.6 Å². The summed E-state index contributed by atoms with van der Waals surface area (Å²) in [5.41, 5.74) is -5.17. The summed E-state index contributed by atoms with van der Waals surface area (Å²) in [4.78, 5) is 44.7. The Kier molecular flexibility index (Phi) is 8.80. The lowest BCUT2D eigenvalue weighted by atomic mass is 9.97. The first kappa shape index (κ1) is 25.8. The number of esters is 3. The van der Waals surface area contributed by atoms with Crippen LogP contribution in [0.15, 0.2) is 0 Å². The van der Waals surface area contributed by atoms with E-state index in [-0.39, 0.29) is 31.0 Å². The molecular formula is C15H16F6O8S. The van der Waals surface area contributed by atoms with Gasteiger partial charge in [-0.3, -0.25) is 14.4 Å². The molecule has 1 atom stereocenters. The van der Waals surface area contributed by atoms with Crippen molar-refractivity contribution in [3.63, 3.8) is 0 Å². The molecule has 0 radical (unpaired) electrons. The van der Waals surface area contributed by atoms with E-state index in [1.807, 2.05) is 0 Å². The fraction of sp³-hybridized carbons (Fsp3) is 0.733. The third-order valence-corrected chi connectivity index (χ3v) is 4.65. The molecule has 1 heterocycles. The zero-order valence-corrected chi connectivity index (χ0v) is 15.8. The lowest BCUT2D eigenvalue weighted by Gasteiger charge is -2.35. The molecule has 0 amide bonds. The topological polar surface area (TPSA) is 116 Å². The Morgan fingerprint density at radius 2 is 1.57 bits per heavy atom. The molecule has 0 aromatic carbocycles. The maximum absolute atomic E-state index is 13.0. The van der Waals surface area contributed by atoms with E-state index in [0.717, 1.165) is 11.8 Å². The van der Waals surface area contributed by atoms with Gasteiger partial charge in [-0.15, -0.1) is 0 Å². The Labute approximate surface area is 169 Å². The van der Waals surface area contributed by atoms with Crippen molar-refractivity contribution in [1.29, 1.82) is 0 Å². The van der Waals surface area contributed by atoms with Gasteiger partial charge in [0.1, 0.15) is 6.42 Å². The number of ether oxygens (including phenoxy) is 3. The Balaban J connectivity index is 2.51. The summed E-state index contributed by atoms with van der Waals surface area (Å²) in [6, 6.07) is 0. The number of carbonyl (C=O) groups is 4. The van der Waals surface area contributed by atoms with Crippen molar-refractivity contribution in [3.8, 4) is 0 Å². The van der Waals surface area contributed by atoms with Crippen molar-refractivity contribution in [3.05, 3.63) is 0 Å².